The van der Waals surface area contributed by atoms with Crippen LogP contribution in [0.15, 0.2) is 30.8 Å². The maximum absolute atomic E-state index is 12.1. The third kappa shape index (κ3) is 1.81. The molecule has 0 amide bonds. The van der Waals surface area contributed by atoms with E-state index >= 15 is 0 Å². The van der Waals surface area contributed by atoms with Crippen molar-refractivity contribution in [3.8, 4) is 0 Å². The Balaban J connectivity index is 2.90. The van der Waals surface area contributed by atoms with E-state index in [4.69, 9.17) is 5.73 Å². The number of nitrogen functional groups attached to an aromatic ring is 1. The van der Waals surface area contributed by atoms with E-state index in [1.165, 1.54) is 12.1 Å². The molecule has 0 aromatic heterocycles. The second-order valence-corrected chi connectivity index (χ2v) is 2.45. The zero-order chi connectivity index (χ0) is 9.14. The minimum atomic E-state index is -2.51. The summed E-state index contributed by atoms with van der Waals surface area (Å²) in [6, 6.07) is 6.21. The topological polar surface area (TPSA) is 26.0 Å². The number of hydrogen-bond acceptors (Lipinski definition) is 1. The van der Waals surface area contributed by atoms with Crippen molar-refractivity contribution in [2.24, 2.45) is 0 Å². The lowest BCUT2D eigenvalue weighted by atomic mass is 10.1. The first kappa shape index (κ1) is 8.71. The van der Waals surface area contributed by atoms with Gasteiger partial charge in [-0.05, 0) is 17.7 Å². The van der Waals surface area contributed by atoms with Crippen LogP contribution < -0.4 is 5.73 Å². The molecule has 0 heterocycles. The summed E-state index contributed by atoms with van der Waals surface area (Å²) in [5, 5.41) is 0. The van der Waals surface area contributed by atoms with E-state index in [1.54, 1.807) is 12.1 Å². The van der Waals surface area contributed by atoms with E-state index in [-0.39, 0.29) is 5.57 Å². The molecule has 64 valence electrons. The summed E-state index contributed by atoms with van der Waals surface area (Å²) in [7, 11) is 0. The molecule has 0 saturated carbocycles. The van der Waals surface area contributed by atoms with E-state index in [0.29, 0.717) is 11.3 Å². The minimum absolute atomic E-state index is 0.171. The monoisotopic (exact) mass is 169 g/mol. The molecule has 0 saturated heterocycles. The number of hydrogen-bond donors (Lipinski definition) is 1. The van der Waals surface area contributed by atoms with Crippen LogP contribution in [-0.4, -0.2) is 6.43 Å². The number of anilines is 1. The first-order valence-electron chi connectivity index (χ1n) is 3.44. The van der Waals surface area contributed by atoms with Crippen LogP contribution in [0, 0.1) is 0 Å². The molecule has 0 atom stereocenters. The Morgan fingerprint density at radius 3 is 2.17 bits per heavy atom. The van der Waals surface area contributed by atoms with Gasteiger partial charge in [0.25, 0.3) is 6.43 Å². The second kappa shape index (κ2) is 3.34. The SMILES string of the molecule is C=C(c1ccc(N)cc1)C(F)F. The molecule has 0 aliphatic carbocycles. The highest BCUT2D eigenvalue weighted by Crippen LogP contribution is 2.20. The standard InChI is InChI=1S/C9H9F2N/c1-6(9(10)11)7-2-4-8(12)5-3-7/h2-5,9H,1,12H2. The first-order chi connectivity index (χ1) is 5.61. The third-order valence-electron chi connectivity index (χ3n) is 1.54. The molecule has 0 aliphatic rings. The average Bonchev–Trinajstić information content (AvgIpc) is 2.04. The predicted molar refractivity (Wildman–Crippen MR) is 45.9 cm³/mol. The average molecular weight is 169 g/mol. The molecule has 12 heavy (non-hydrogen) atoms. The van der Waals surface area contributed by atoms with Gasteiger partial charge in [-0.2, -0.15) is 0 Å². The van der Waals surface area contributed by atoms with Crippen LogP contribution in [0.2, 0.25) is 0 Å². The number of benzene rings is 1. The summed E-state index contributed by atoms with van der Waals surface area (Å²) in [4.78, 5) is 0. The van der Waals surface area contributed by atoms with Crippen molar-refractivity contribution < 1.29 is 8.78 Å². The normalized spacial score (nSPS) is 10.2. The van der Waals surface area contributed by atoms with Gasteiger partial charge in [0.15, 0.2) is 0 Å². The van der Waals surface area contributed by atoms with Crippen molar-refractivity contribution in [2.45, 2.75) is 6.43 Å². The van der Waals surface area contributed by atoms with Crippen molar-refractivity contribution >= 4 is 11.3 Å². The number of rotatable bonds is 2. The third-order valence-corrected chi connectivity index (χ3v) is 1.54. The van der Waals surface area contributed by atoms with Crippen LogP contribution in [0.4, 0.5) is 14.5 Å². The van der Waals surface area contributed by atoms with Crippen molar-refractivity contribution in [1.82, 2.24) is 0 Å². The summed E-state index contributed by atoms with van der Waals surface area (Å²) >= 11 is 0. The fourth-order valence-electron chi connectivity index (χ4n) is 0.823. The van der Waals surface area contributed by atoms with Gasteiger partial charge in [0.2, 0.25) is 0 Å². The smallest absolute Gasteiger partial charge is 0.263 e. The highest BCUT2D eigenvalue weighted by atomic mass is 19.3. The van der Waals surface area contributed by atoms with Crippen molar-refractivity contribution in [2.75, 3.05) is 5.73 Å². The number of allylic oxidation sites excluding steroid dienone is 1. The maximum atomic E-state index is 12.1. The molecular formula is C9H9F2N. The lowest BCUT2D eigenvalue weighted by Gasteiger charge is -2.03. The van der Waals surface area contributed by atoms with Gasteiger partial charge in [0.1, 0.15) is 0 Å². The van der Waals surface area contributed by atoms with Gasteiger partial charge in [0, 0.05) is 11.3 Å². The molecule has 1 aromatic rings. The molecule has 0 unspecified atom stereocenters. The fourth-order valence-corrected chi connectivity index (χ4v) is 0.823. The molecule has 1 rings (SSSR count). The Bertz CT molecular complexity index is 277. The Labute approximate surface area is 69.5 Å². The molecule has 0 fully saturated rings. The van der Waals surface area contributed by atoms with Crippen LogP contribution in [0.3, 0.4) is 0 Å². The second-order valence-electron chi connectivity index (χ2n) is 2.45. The Kier molecular flexibility index (Phi) is 2.43. The Morgan fingerprint density at radius 2 is 1.75 bits per heavy atom. The van der Waals surface area contributed by atoms with E-state index in [0.717, 1.165) is 0 Å². The zero-order valence-corrected chi connectivity index (χ0v) is 6.43. The van der Waals surface area contributed by atoms with E-state index in [1.807, 2.05) is 0 Å². The van der Waals surface area contributed by atoms with Gasteiger partial charge in [-0.25, -0.2) is 8.78 Å². The highest BCUT2D eigenvalue weighted by Gasteiger charge is 2.09. The molecule has 3 heteroatoms. The molecule has 1 nitrogen and oxygen atoms in total. The molecule has 0 spiro atoms. The quantitative estimate of drug-likeness (QED) is 0.676. The van der Waals surface area contributed by atoms with Gasteiger partial charge < -0.3 is 5.73 Å². The Hall–Kier alpha value is -1.38. The predicted octanol–water partition coefficient (Wildman–Crippen LogP) is 2.55. The first-order valence-corrected chi connectivity index (χ1v) is 3.44. The molecule has 0 radical (unpaired) electrons. The number of nitrogens with two attached hydrogens (primary N) is 1. The fraction of sp³-hybridized carbons (Fsp3) is 0.111. The molecule has 0 bridgehead atoms. The summed E-state index contributed by atoms with van der Waals surface area (Å²) in [5.41, 5.74) is 6.20. The van der Waals surface area contributed by atoms with Gasteiger partial charge in [0.05, 0.1) is 0 Å². The maximum Gasteiger partial charge on any atom is 0.263 e. The van der Waals surface area contributed by atoms with Gasteiger partial charge in [-0.1, -0.05) is 18.7 Å². The summed E-state index contributed by atoms with van der Waals surface area (Å²) in [5.74, 6) is 0. The zero-order valence-electron chi connectivity index (χ0n) is 6.43. The van der Waals surface area contributed by atoms with Crippen molar-refractivity contribution in [3.05, 3.63) is 36.4 Å². The van der Waals surface area contributed by atoms with Crippen LogP contribution in [0.25, 0.3) is 5.57 Å². The van der Waals surface area contributed by atoms with Crippen LogP contribution >= 0.6 is 0 Å². The van der Waals surface area contributed by atoms with E-state index < -0.39 is 6.43 Å². The van der Waals surface area contributed by atoms with Crippen LogP contribution in [0.5, 0.6) is 0 Å². The molecule has 0 aliphatic heterocycles. The molecular weight excluding hydrogens is 160 g/mol. The molecule has 1 aromatic carbocycles. The number of alkyl halides is 2. The van der Waals surface area contributed by atoms with Gasteiger partial charge in [-0.15, -0.1) is 0 Å². The lowest BCUT2D eigenvalue weighted by molar-refractivity contribution is 0.215. The summed E-state index contributed by atoms with van der Waals surface area (Å²) < 4.78 is 24.2. The number of halogens is 2. The minimum Gasteiger partial charge on any atom is -0.399 e. The van der Waals surface area contributed by atoms with Crippen molar-refractivity contribution in [3.63, 3.8) is 0 Å². The lowest BCUT2D eigenvalue weighted by Crippen LogP contribution is -1.94. The highest BCUT2D eigenvalue weighted by molar-refractivity contribution is 5.66. The van der Waals surface area contributed by atoms with Gasteiger partial charge >= 0.3 is 0 Å². The summed E-state index contributed by atoms with van der Waals surface area (Å²) in [6.45, 7) is 3.26. The largest absolute Gasteiger partial charge is 0.399 e. The van der Waals surface area contributed by atoms with Crippen LogP contribution in [0.1, 0.15) is 5.56 Å². The van der Waals surface area contributed by atoms with Crippen LogP contribution in [-0.2, 0) is 0 Å². The van der Waals surface area contributed by atoms with Crippen molar-refractivity contribution in [1.29, 1.82) is 0 Å². The van der Waals surface area contributed by atoms with E-state index in [9.17, 15) is 8.78 Å². The molecule has 2 N–H and O–H groups in total. The van der Waals surface area contributed by atoms with E-state index in [2.05, 4.69) is 6.58 Å². The Morgan fingerprint density at radius 1 is 1.25 bits per heavy atom. The van der Waals surface area contributed by atoms with Gasteiger partial charge in [-0.3, -0.25) is 0 Å². The summed E-state index contributed by atoms with van der Waals surface area (Å²) in [6.07, 6.45) is -2.51.